The van der Waals surface area contributed by atoms with Crippen molar-refractivity contribution in [2.45, 2.75) is 26.0 Å². The van der Waals surface area contributed by atoms with Crippen LogP contribution in [0.5, 0.6) is 0 Å². The van der Waals surface area contributed by atoms with Gasteiger partial charge in [0.15, 0.2) is 5.60 Å². The summed E-state index contributed by atoms with van der Waals surface area (Å²) < 4.78 is 1.74. The van der Waals surface area contributed by atoms with Crippen LogP contribution < -0.4 is 5.32 Å². The number of carboxylic acids is 1. The lowest BCUT2D eigenvalue weighted by molar-refractivity contribution is -0.156. The minimum atomic E-state index is -1.74. The minimum Gasteiger partial charge on any atom is -0.479 e. The lowest BCUT2D eigenvalue weighted by atomic mass is 10.1. The summed E-state index contributed by atoms with van der Waals surface area (Å²) in [6, 6.07) is 0. The van der Waals surface area contributed by atoms with E-state index < -0.39 is 11.6 Å². The van der Waals surface area contributed by atoms with Crippen molar-refractivity contribution in [3.05, 3.63) is 17.5 Å². The molecule has 1 aromatic heterocycles. The second kappa shape index (κ2) is 4.63. The second-order valence-electron chi connectivity index (χ2n) is 4.06. The van der Waals surface area contributed by atoms with Crippen molar-refractivity contribution in [2.75, 3.05) is 6.54 Å². The van der Waals surface area contributed by atoms with Gasteiger partial charge in [-0.1, -0.05) is 0 Å². The molecule has 90 valence electrons. The van der Waals surface area contributed by atoms with Crippen LogP contribution in [0.25, 0.3) is 0 Å². The van der Waals surface area contributed by atoms with E-state index in [1.807, 2.05) is 14.0 Å². The van der Waals surface area contributed by atoms with E-state index in [2.05, 4.69) is 10.4 Å². The first-order valence-electron chi connectivity index (χ1n) is 4.98. The highest BCUT2D eigenvalue weighted by Gasteiger charge is 2.29. The molecule has 1 aromatic rings. The molecule has 0 aromatic carbocycles. The molecule has 1 atom stereocenters. The SMILES string of the molecule is Cc1c(CNCC(C)(O)C(=O)O)cnn1C. The molecule has 0 amide bonds. The Bertz CT molecular complexity index is 385. The zero-order valence-electron chi connectivity index (χ0n) is 9.69. The topological polar surface area (TPSA) is 87.4 Å². The number of aromatic nitrogens is 2. The van der Waals surface area contributed by atoms with E-state index in [4.69, 9.17) is 5.11 Å². The Kier molecular flexibility index (Phi) is 3.66. The number of carbonyl (C=O) groups is 1. The van der Waals surface area contributed by atoms with Crippen molar-refractivity contribution in [2.24, 2.45) is 7.05 Å². The van der Waals surface area contributed by atoms with Gasteiger partial charge in [-0.3, -0.25) is 4.68 Å². The summed E-state index contributed by atoms with van der Waals surface area (Å²) in [5.41, 5.74) is 0.266. The maximum atomic E-state index is 10.6. The number of aryl methyl sites for hydroxylation is 1. The van der Waals surface area contributed by atoms with Gasteiger partial charge in [0.25, 0.3) is 0 Å². The predicted octanol–water partition coefficient (Wildman–Crippen LogP) is -0.346. The third kappa shape index (κ3) is 2.80. The molecule has 3 N–H and O–H groups in total. The molecule has 0 spiro atoms. The fraction of sp³-hybridized carbons (Fsp3) is 0.600. The first-order chi connectivity index (χ1) is 7.34. The fourth-order valence-corrected chi connectivity index (χ4v) is 1.23. The van der Waals surface area contributed by atoms with Gasteiger partial charge in [0.05, 0.1) is 6.20 Å². The van der Waals surface area contributed by atoms with E-state index in [0.29, 0.717) is 6.54 Å². The molecule has 0 aliphatic heterocycles. The summed E-state index contributed by atoms with van der Waals surface area (Å²) in [5, 5.41) is 25.1. The van der Waals surface area contributed by atoms with Crippen molar-refractivity contribution in [3.63, 3.8) is 0 Å². The Morgan fingerprint density at radius 2 is 2.31 bits per heavy atom. The standard InChI is InChI=1S/C10H17N3O3/c1-7-8(5-12-13(7)3)4-11-6-10(2,16)9(14)15/h5,11,16H,4,6H2,1-3H3,(H,14,15). The zero-order valence-corrected chi connectivity index (χ0v) is 9.69. The quantitative estimate of drug-likeness (QED) is 0.640. The number of nitrogens with one attached hydrogen (secondary N) is 1. The average Bonchev–Trinajstić information content (AvgIpc) is 2.49. The molecule has 1 heterocycles. The summed E-state index contributed by atoms with van der Waals surface area (Å²) in [5.74, 6) is -1.23. The third-order valence-electron chi connectivity index (χ3n) is 2.58. The fourth-order valence-electron chi connectivity index (χ4n) is 1.23. The van der Waals surface area contributed by atoms with Crippen molar-refractivity contribution in [1.82, 2.24) is 15.1 Å². The summed E-state index contributed by atoms with van der Waals surface area (Å²) in [6.45, 7) is 3.68. The number of rotatable bonds is 5. The van der Waals surface area contributed by atoms with Crippen LogP contribution in [0.2, 0.25) is 0 Å². The van der Waals surface area contributed by atoms with Crippen LogP contribution in [0.3, 0.4) is 0 Å². The summed E-state index contributed by atoms with van der Waals surface area (Å²) in [7, 11) is 1.84. The molecular formula is C10H17N3O3. The van der Waals surface area contributed by atoms with Gasteiger partial charge >= 0.3 is 5.97 Å². The van der Waals surface area contributed by atoms with Crippen LogP contribution >= 0.6 is 0 Å². The largest absolute Gasteiger partial charge is 0.479 e. The number of hydrogen-bond acceptors (Lipinski definition) is 4. The van der Waals surface area contributed by atoms with Crippen LogP contribution in [-0.4, -0.2) is 38.1 Å². The molecule has 0 saturated carbocycles. The first-order valence-corrected chi connectivity index (χ1v) is 4.98. The molecule has 0 bridgehead atoms. The molecule has 16 heavy (non-hydrogen) atoms. The Labute approximate surface area is 93.9 Å². The second-order valence-corrected chi connectivity index (χ2v) is 4.06. The number of hydrogen-bond donors (Lipinski definition) is 3. The van der Waals surface area contributed by atoms with Crippen molar-refractivity contribution in [3.8, 4) is 0 Å². The Balaban J connectivity index is 2.48. The van der Waals surface area contributed by atoms with Gasteiger partial charge in [-0.05, 0) is 13.8 Å². The summed E-state index contributed by atoms with van der Waals surface area (Å²) in [6.07, 6.45) is 1.72. The van der Waals surface area contributed by atoms with Crippen LogP contribution in [0, 0.1) is 6.92 Å². The molecule has 1 rings (SSSR count). The minimum absolute atomic E-state index is 0.00331. The molecule has 0 aliphatic carbocycles. The molecule has 0 aliphatic rings. The smallest absolute Gasteiger partial charge is 0.336 e. The van der Waals surface area contributed by atoms with E-state index >= 15 is 0 Å². The highest BCUT2D eigenvalue weighted by molar-refractivity contribution is 5.76. The van der Waals surface area contributed by atoms with Crippen molar-refractivity contribution < 1.29 is 15.0 Å². The number of carboxylic acid groups (broad SMARTS) is 1. The summed E-state index contributed by atoms with van der Waals surface area (Å²) in [4.78, 5) is 10.6. The third-order valence-corrected chi connectivity index (χ3v) is 2.58. The van der Waals surface area contributed by atoms with Crippen LogP contribution in [0.15, 0.2) is 6.20 Å². The molecule has 0 saturated heterocycles. The lowest BCUT2D eigenvalue weighted by Gasteiger charge is -2.18. The number of aliphatic hydroxyl groups is 1. The van der Waals surface area contributed by atoms with Gasteiger partial charge in [0.1, 0.15) is 0 Å². The molecule has 0 radical (unpaired) electrons. The van der Waals surface area contributed by atoms with Crippen molar-refractivity contribution >= 4 is 5.97 Å². The molecule has 6 heteroatoms. The molecule has 6 nitrogen and oxygen atoms in total. The normalized spacial score (nSPS) is 14.8. The Hall–Kier alpha value is -1.40. The number of aliphatic carboxylic acids is 1. The monoisotopic (exact) mass is 227 g/mol. The maximum Gasteiger partial charge on any atom is 0.336 e. The number of nitrogens with zero attached hydrogens (tertiary/aromatic N) is 2. The van der Waals surface area contributed by atoms with Gasteiger partial charge in [-0.2, -0.15) is 5.10 Å². The maximum absolute atomic E-state index is 10.6. The summed E-state index contributed by atoms with van der Waals surface area (Å²) >= 11 is 0. The van der Waals surface area contributed by atoms with E-state index in [0.717, 1.165) is 11.3 Å². The first kappa shape index (κ1) is 12.7. The van der Waals surface area contributed by atoms with E-state index in [1.165, 1.54) is 6.92 Å². The van der Waals surface area contributed by atoms with Gasteiger partial charge < -0.3 is 15.5 Å². The molecular weight excluding hydrogens is 210 g/mol. The Morgan fingerprint density at radius 3 is 2.75 bits per heavy atom. The molecule has 0 fully saturated rings. The van der Waals surface area contributed by atoms with E-state index in [1.54, 1.807) is 10.9 Å². The van der Waals surface area contributed by atoms with Gasteiger partial charge in [-0.25, -0.2) is 4.79 Å². The lowest BCUT2D eigenvalue weighted by Crippen LogP contribution is -2.44. The van der Waals surface area contributed by atoms with Gasteiger partial charge in [0.2, 0.25) is 0 Å². The van der Waals surface area contributed by atoms with E-state index in [9.17, 15) is 9.90 Å². The van der Waals surface area contributed by atoms with Gasteiger partial charge in [0, 0.05) is 31.4 Å². The van der Waals surface area contributed by atoms with Crippen LogP contribution in [0.4, 0.5) is 0 Å². The highest BCUT2D eigenvalue weighted by atomic mass is 16.4. The van der Waals surface area contributed by atoms with Crippen molar-refractivity contribution in [1.29, 1.82) is 0 Å². The predicted molar refractivity (Wildman–Crippen MR) is 57.9 cm³/mol. The zero-order chi connectivity index (χ0) is 12.3. The van der Waals surface area contributed by atoms with Crippen LogP contribution in [-0.2, 0) is 18.4 Å². The Morgan fingerprint density at radius 1 is 1.69 bits per heavy atom. The molecule has 1 unspecified atom stereocenters. The highest BCUT2D eigenvalue weighted by Crippen LogP contribution is 2.06. The van der Waals surface area contributed by atoms with E-state index in [-0.39, 0.29) is 6.54 Å². The van der Waals surface area contributed by atoms with Crippen LogP contribution in [0.1, 0.15) is 18.2 Å². The average molecular weight is 227 g/mol. The van der Waals surface area contributed by atoms with Gasteiger partial charge in [-0.15, -0.1) is 0 Å².